The second-order valence-corrected chi connectivity index (χ2v) is 11.5. The molecular weight excluding hydrogens is 496 g/mol. The number of benzene rings is 4. The van der Waals surface area contributed by atoms with Gasteiger partial charge in [-0.1, -0.05) is 110 Å². The van der Waals surface area contributed by atoms with Crippen LogP contribution in [0.1, 0.15) is 34.7 Å². The normalized spacial score (nSPS) is 18.7. The second kappa shape index (κ2) is 8.79. The highest BCUT2D eigenvalue weighted by atomic mass is 32.1. The van der Waals surface area contributed by atoms with E-state index in [1.807, 2.05) is 23.5 Å². The molecule has 0 spiro atoms. The average molecular weight is 523 g/mol. The van der Waals surface area contributed by atoms with Crippen LogP contribution in [0, 0.1) is 5.92 Å². The van der Waals surface area contributed by atoms with E-state index in [-0.39, 0.29) is 6.17 Å². The van der Waals surface area contributed by atoms with Gasteiger partial charge in [0.1, 0.15) is 5.84 Å². The predicted octanol–water partition coefficient (Wildman–Crippen LogP) is 8.17. The van der Waals surface area contributed by atoms with Crippen molar-refractivity contribution < 1.29 is 0 Å². The highest BCUT2D eigenvalue weighted by Gasteiger charge is 2.26. The van der Waals surface area contributed by atoms with Crippen molar-refractivity contribution in [2.24, 2.45) is 15.9 Å². The zero-order chi connectivity index (χ0) is 25.9. The van der Waals surface area contributed by atoms with Crippen molar-refractivity contribution in [3.8, 4) is 0 Å². The van der Waals surface area contributed by atoms with E-state index in [0.29, 0.717) is 5.92 Å². The number of aliphatic imine (C=N–C) groups is 2. The van der Waals surface area contributed by atoms with E-state index in [0.717, 1.165) is 34.9 Å². The van der Waals surface area contributed by atoms with Gasteiger partial charge < -0.3 is 5.32 Å². The molecule has 188 valence electrons. The van der Waals surface area contributed by atoms with Crippen LogP contribution in [-0.2, 0) is 6.42 Å². The molecule has 1 aliphatic carbocycles. The summed E-state index contributed by atoms with van der Waals surface area (Å²) in [6.07, 6.45) is 5.41. The lowest BCUT2D eigenvalue weighted by atomic mass is 9.95. The maximum atomic E-state index is 5.24. The fraction of sp³-hybridized carbons (Fsp3) is 0.118. The number of thiophene rings is 1. The smallest absolute Gasteiger partial charge is 0.211 e. The standard InChI is InChI=1S/C34H26N4S/c1-21-16-17-25-27-19-18-26-24-14-8-9-15-28(24)38(30(26)31(27)39-29(25)20-21)34-36-32(22-10-4-2-5-11-22)35-33(37-34)23-12-6-3-7-13-23/h2-19,21,32H,20H2,1H3,(H,35,36,37). The minimum Gasteiger partial charge on any atom is -0.310 e. The Balaban J connectivity index is 1.42. The van der Waals surface area contributed by atoms with Gasteiger partial charge in [-0.15, -0.1) is 11.3 Å². The van der Waals surface area contributed by atoms with Gasteiger partial charge in [-0.2, -0.15) is 0 Å². The van der Waals surface area contributed by atoms with Crippen molar-refractivity contribution in [3.05, 3.63) is 125 Å². The molecule has 2 atom stereocenters. The van der Waals surface area contributed by atoms with Crippen LogP contribution < -0.4 is 5.32 Å². The summed E-state index contributed by atoms with van der Waals surface area (Å²) in [6.45, 7) is 2.30. The number of rotatable bonds is 2. The molecule has 0 bridgehead atoms. The summed E-state index contributed by atoms with van der Waals surface area (Å²) in [5, 5.41) is 7.44. The van der Waals surface area contributed by atoms with Crippen LogP contribution in [0.3, 0.4) is 0 Å². The molecule has 4 aromatic carbocycles. The van der Waals surface area contributed by atoms with Crippen LogP contribution in [0.2, 0.25) is 0 Å². The number of aromatic nitrogens is 1. The number of nitrogens with one attached hydrogen (secondary N) is 1. The lowest BCUT2D eigenvalue weighted by Gasteiger charge is -2.23. The van der Waals surface area contributed by atoms with Gasteiger partial charge in [0.15, 0.2) is 6.17 Å². The molecule has 2 unspecified atom stereocenters. The van der Waals surface area contributed by atoms with Gasteiger partial charge in [-0.05, 0) is 29.5 Å². The maximum absolute atomic E-state index is 5.24. The second-order valence-electron chi connectivity index (χ2n) is 10.4. The van der Waals surface area contributed by atoms with Crippen LogP contribution in [-0.4, -0.2) is 16.4 Å². The van der Waals surface area contributed by atoms with E-state index in [2.05, 4.69) is 114 Å². The molecule has 1 aliphatic heterocycles. The van der Waals surface area contributed by atoms with Crippen molar-refractivity contribution in [1.29, 1.82) is 0 Å². The van der Waals surface area contributed by atoms with Gasteiger partial charge in [-0.25, -0.2) is 9.98 Å². The van der Waals surface area contributed by atoms with Crippen LogP contribution in [0.5, 0.6) is 0 Å². The number of allylic oxidation sites excluding steroid dienone is 1. The lowest BCUT2D eigenvalue weighted by molar-refractivity contribution is 0.728. The van der Waals surface area contributed by atoms with Gasteiger partial charge in [0.05, 0.1) is 15.7 Å². The number of hydrogen-bond donors (Lipinski definition) is 1. The molecular formula is C34H26N4S. The third kappa shape index (κ3) is 3.57. The summed E-state index contributed by atoms with van der Waals surface area (Å²) in [4.78, 5) is 11.8. The average Bonchev–Trinajstić information content (AvgIpc) is 3.53. The monoisotopic (exact) mass is 522 g/mol. The van der Waals surface area contributed by atoms with E-state index in [1.54, 1.807) is 0 Å². The first-order valence-corrected chi connectivity index (χ1v) is 14.3. The molecule has 39 heavy (non-hydrogen) atoms. The number of nitrogens with zero attached hydrogens (tertiary/aromatic N) is 3. The molecule has 2 aromatic heterocycles. The van der Waals surface area contributed by atoms with Gasteiger partial charge in [-0.3, -0.25) is 4.57 Å². The van der Waals surface area contributed by atoms with Gasteiger partial charge in [0.2, 0.25) is 5.96 Å². The summed E-state index contributed by atoms with van der Waals surface area (Å²) in [6, 6.07) is 34.0. The molecule has 4 nitrogen and oxygen atoms in total. The van der Waals surface area contributed by atoms with Crippen molar-refractivity contribution in [3.63, 3.8) is 0 Å². The number of fused-ring (bicyclic) bond motifs is 7. The lowest BCUT2D eigenvalue weighted by Crippen LogP contribution is -2.39. The highest BCUT2D eigenvalue weighted by molar-refractivity contribution is 7.20. The van der Waals surface area contributed by atoms with Crippen molar-refractivity contribution in [2.75, 3.05) is 0 Å². The highest BCUT2D eigenvalue weighted by Crippen LogP contribution is 2.43. The zero-order valence-corrected chi connectivity index (χ0v) is 22.3. The topological polar surface area (TPSA) is 41.7 Å². The molecule has 0 radical (unpaired) electrons. The Morgan fingerprint density at radius 2 is 1.54 bits per heavy atom. The summed E-state index contributed by atoms with van der Waals surface area (Å²) in [7, 11) is 0. The molecule has 0 saturated carbocycles. The first-order chi connectivity index (χ1) is 19.2. The van der Waals surface area contributed by atoms with Crippen LogP contribution >= 0.6 is 11.3 Å². The Morgan fingerprint density at radius 1 is 0.795 bits per heavy atom. The molecule has 8 rings (SSSR count). The maximum Gasteiger partial charge on any atom is 0.211 e. The zero-order valence-electron chi connectivity index (χ0n) is 21.5. The Morgan fingerprint density at radius 3 is 2.38 bits per heavy atom. The number of hydrogen-bond acceptors (Lipinski definition) is 4. The largest absolute Gasteiger partial charge is 0.310 e. The van der Waals surface area contributed by atoms with E-state index in [1.165, 1.54) is 36.8 Å². The Kier molecular flexibility index (Phi) is 5.07. The quantitative estimate of drug-likeness (QED) is 0.245. The molecule has 5 heteroatoms. The molecule has 1 N–H and O–H groups in total. The van der Waals surface area contributed by atoms with E-state index in [9.17, 15) is 0 Å². The molecule has 0 amide bonds. The Labute approximate surface area is 230 Å². The predicted molar refractivity (Wildman–Crippen MR) is 165 cm³/mol. The van der Waals surface area contributed by atoms with Crippen molar-refractivity contribution in [2.45, 2.75) is 19.5 Å². The summed E-state index contributed by atoms with van der Waals surface area (Å²) >= 11 is 1.94. The molecule has 2 aliphatic rings. The molecule has 0 fully saturated rings. The van der Waals surface area contributed by atoms with Crippen LogP contribution in [0.15, 0.2) is 113 Å². The Hall–Kier alpha value is -4.48. The molecule has 3 heterocycles. The van der Waals surface area contributed by atoms with E-state index >= 15 is 0 Å². The summed E-state index contributed by atoms with van der Waals surface area (Å²) < 4.78 is 3.65. The molecule has 6 aromatic rings. The van der Waals surface area contributed by atoms with Gasteiger partial charge >= 0.3 is 0 Å². The van der Waals surface area contributed by atoms with E-state index < -0.39 is 0 Å². The first kappa shape index (κ1) is 22.5. The third-order valence-corrected chi connectivity index (χ3v) is 9.04. The molecule has 0 saturated heterocycles. The van der Waals surface area contributed by atoms with Crippen molar-refractivity contribution >= 4 is 61.1 Å². The Bertz CT molecular complexity index is 1980. The van der Waals surface area contributed by atoms with Gasteiger partial charge in [0, 0.05) is 26.6 Å². The SMILES string of the molecule is CC1C=Cc2c(sc3c2ccc2c4ccccc4n(C4=NC(c5ccccc5)N=C(c5ccccc5)N4)c23)C1. The number of para-hydroxylation sites is 1. The third-order valence-electron chi connectivity index (χ3n) is 7.79. The first-order valence-electron chi connectivity index (χ1n) is 13.4. The number of amidine groups is 1. The van der Waals surface area contributed by atoms with Crippen molar-refractivity contribution in [1.82, 2.24) is 9.88 Å². The van der Waals surface area contributed by atoms with Gasteiger partial charge in [0.25, 0.3) is 0 Å². The van der Waals surface area contributed by atoms with Crippen LogP contribution in [0.25, 0.3) is 38.0 Å². The fourth-order valence-corrected chi connectivity index (χ4v) is 7.38. The van der Waals surface area contributed by atoms with Crippen LogP contribution in [0.4, 0.5) is 0 Å². The summed E-state index contributed by atoms with van der Waals surface area (Å²) in [5.74, 6) is 2.19. The summed E-state index contributed by atoms with van der Waals surface area (Å²) in [5.41, 5.74) is 5.84. The minimum absolute atomic E-state index is 0.339. The van der Waals surface area contributed by atoms with E-state index in [4.69, 9.17) is 9.98 Å². The fourth-order valence-electron chi connectivity index (χ4n) is 5.91. The minimum atomic E-state index is -0.339.